The van der Waals surface area contributed by atoms with Crippen molar-refractivity contribution in [3.63, 3.8) is 0 Å². The summed E-state index contributed by atoms with van der Waals surface area (Å²) in [6, 6.07) is 9.65. The van der Waals surface area contributed by atoms with E-state index < -0.39 is 5.82 Å². The van der Waals surface area contributed by atoms with Crippen LogP contribution < -0.4 is 11.1 Å². The lowest BCUT2D eigenvalue weighted by Gasteiger charge is -2.04. The monoisotopic (exact) mass is 277 g/mol. The number of nitrogens with zero attached hydrogens (tertiary/aromatic N) is 1. The molecule has 4 nitrogen and oxygen atoms in total. The van der Waals surface area contributed by atoms with Gasteiger partial charge in [0.1, 0.15) is 11.3 Å². The molecule has 0 unspecified atom stereocenters. The van der Waals surface area contributed by atoms with Gasteiger partial charge in [-0.25, -0.2) is 4.39 Å². The minimum atomic E-state index is -0.478. The summed E-state index contributed by atoms with van der Waals surface area (Å²) in [6.45, 7) is 0. The quantitative estimate of drug-likeness (QED) is 0.696. The van der Waals surface area contributed by atoms with E-state index in [-0.39, 0.29) is 16.7 Å². The lowest BCUT2D eigenvalue weighted by molar-refractivity contribution is 0.612. The van der Waals surface area contributed by atoms with Crippen LogP contribution in [0.4, 0.5) is 21.8 Å². The van der Waals surface area contributed by atoms with E-state index in [1.807, 2.05) is 0 Å². The molecule has 0 aliphatic rings. The van der Waals surface area contributed by atoms with E-state index in [2.05, 4.69) is 10.3 Å². The zero-order chi connectivity index (χ0) is 13.4. The minimum absolute atomic E-state index is 0.128. The smallest absolute Gasteiger partial charge is 0.300 e. The van der Waals surface area contributed by atoms with Gasteiger partial charge in [0.15, 0.2) is 5.58 Å². The number of halogens is 2. The molecule has 0 spiro atoms. The van der Waals surface area contributed by atoms with Gasteiger partial charge in [0.2, 0.25) is 0 Å². The molecule has 0 amide bonds. The van der Waals surface area contributed by atoms with Gasteiger partial charge < -0.3 is 15.5 Å². The number of nitrogens with two attached hydrogens (primary N) is 1. The lowest BCUT2D eigenvalue weighted by atomic mass is 10.3. The van der Waals surface area contributed by atoms with E-state index in [0.717, 1.165) is 0 Å². The molecule has 19 heavy (non-hydrogen) atoms. The predicted molar refractivity (Wildman–Crippen MR) is 73.1 cm³/mol. The fraction of sp³-hybridized carbons (Fsp3) is 0. The molecule has 3 aromatic rings. The third-order valence-electron chi connectivity index (χ3n) is 2.61. The standard InChI is InChI=1S/C13H9ClFN3O/c14-8-2-1-3-9(15)12(8)18-13-17-10-5-4-7(16)6-11(10)19-13/h1-6H,16H2,(H,17,18). The highest BCUT2D eigenvalue weighted by Gasteiger charge is 2.11. The highest BCUT2D eigenvalue weighted by atomic mass is 35.5. The zero-order valence-corrected chi connectivity index (χ0v) is 10.4. The number of para-hydroxylation sites is 1. The van der Waals surface area contributed by atoms with Crippen molar-refractivity contribution >= 4 is 40.1 Å². The van der Waals surface area contributed by atoms with Crippen LogP contribution in [0.25, 0.3) is 11.1 Å². The van der Waals surface area contributed by atoms with Gasteiger partial charge in [-0.15, -0.1) is 0 Å². The summed E-state index contributed by atoms with van der Waals surface area (Å²) in [7, 11) is 0. The summed E-state index contributed by atoms with van der Waals surface area (Å²) < 4.78 is 19.1. The van der Waals surface area contributed by atoms with Gasteiger partial charge >= 0.3 is 0 Å². The summed E-state index contributed by atoms with van der Waals surface area (Å²) in [4.78, 5) is 4.17. The molecule has 0 bridgehead atoms. The summed E-state index contributed by atoms with van der Waals surface area (Å²) in [5.74, 6) is -0.478. The Kier molecular flexibility index (Phi) is 2.76. The van der Waals surface area contributed by atoms with E-state index in [0.29, 0.717) is 16.8 Å². The third kappa shape index (κ3) is 2.20. The Morgan fingerprint density at radius 2 is 2.11 bits per heavy atom. The van der Waals surface area contributed by atoms with Crippen molar-refractivity contribution in [2.24, 2.45) is 0 Å². The van der Waals surface area contributed by atoms with Crippen molar-refractivity contribution in [1.29, 1.82) is 0 Å². The normalized spacial score (nSPS) is 10.8. The number of oxazole rings is 1. The molecule has 0 atom stereocenters. The summed E-state index contributed by atoms with van der Waals surface area (Å²) in [6.07, 6.45) is 0. The average Bonchev–Trinajstić information content (AvgIpc) is 2.75. The summed E-state index contributed by atoms with van der Waals surface area (Å²) in [5, 5.41) is 2.98. The van der Waals surface area contributed by atoms with Crippen LogP contribution >= 0.6 is 11.6 Å². The van der Waals surface area contributed by atoms with Gasteiger partial charge in [-0.1, -0.05) is 17.7 Å². The summed E-state index contributed by atoms with van der Waals surface area (Å²) in [5.41, 5.74) is 7.49. The highest BCUT2D eigenvalue weighted by molar-refractivity contribution is 6.33. The Morgan fingerprint density at radius 1 is 1.26 bits per heavy atom. The van der Waals surface area contributed by atoms with Gasteiger partial charge in [-0.2, -0.15) is 4.98 Å². The molecule has 1 heterocycles. The Morgan fingerprint density at radius 3 is 2.89 bits per heavy atom. The topological polar surface area (TPSA) is 64.1 Å². The number of nitrogen functional groups attached to an aromatic ring is 1. The van der Waals surface area contributed by atoms with Gasteiger partial charge in [-0.05, 0) is 24.3 Å². The predicted octanol–water partition coefficient (Wildman–Crippen LogP) is 3.95. The van der Waals surface area contributed by atoms with Crippen LogP contribution in [0.15, 0.2) is 40.8 Å². The van der Waals surface area contributed by atoms with Gasteiger partial charge in [-0.3, -0.25) is 0 Å². The molecule has 2 aromatic carbocycles. The Bertz CT molecular complexity index is 736. The second-order valence-electron chi connectivity index (χ2n) is 3.97. The van der Waals surface area contributed by atoms with Gasteiger partial charge in [0, 0.05) is 11.8 Å². The first-order chi connectivity index (χ1) is 9.13. The number of fused-ring (bicyclic) bond motifs is 1. The van der Waals surface area contributed by atoms with Crippen LogP contribution in [0.2, 0.25) is 5.02 Å². The SMILES string of the molecule is Nc1ccc2nc(Nc3c(F)cccc3Cl)oc2c1. The van der Waals surface area contributed by atoms with Crippen LogP contribution in [0, 0.1) is 5.82 Å². The number of benzene rings is 2. The Labute approximate surface area is 113 Å². The second kappa shape index (κ2) is 4.44. The number of hydrogen-bond donors (Lipinski definition) is 2. The van der Waals surface area contributed by atoms with Crippen LogP contribution in [-0.4, -0.2) is 4.98 Å². The maximum atomic E-state index is 13.6. The number of nitrogens with one attached hydrogen (secondary N) is 1. The number of anilines is 3. The fourth-order valence-electron chi connectivity index (χ4n) is 1.72. The molecule has 1 aromatic heterocycles. The highest BCUT2D eigenvalue weighted by Crippen LogP contribution is 2.29. The average molecular weight is 278 g/mol. The lowest BCUT2D eigenvalue weighted by Crippen LogP contribution is -1.94. The molecular formula is C13H9ClFN3O. The molecule has 6 heteroatoms. The van der Waals surface area contributed by atoms with Crippen LogP contribution in [0.5, 0.6) is 0 Å². The van der Waals surface area contributed by atoms with Crippen molar-refractivity contribution in [3.05, 3.63) is 47.2 Å². The molecule has 0 aliphatic heterocycles. The molecule has 3 N–H and O–H groups in total. The Hall–Kier alpha value is -2.27. The van der Waals surface area contributed by atoms with Crippen molar-refractivity contribution in [1.82, 2.24) is 4.98 Å². The van der Waals surface area contributed by atoms with Crippen molar-refractivity contribution in [2.75, 3.05) is 11.1 Å². The minimum Gasteiger partial charge on any atom is -0.423 e. The summed E-state index contributed by atoms with van der Waals surface area (Å²) >= 11 is 5.91. The second-order valence-corrected chi connectivity index (χ2v) is 4.38. The third-order valence-corrected chi connectivity index (χ3v) is 2.92. The van der Waals surface area contributed by atoms with E-state index in [1.54, 1.807) is 24.3 Å². The number of rotatable bonds is 2. The van der Waals surface area contributed by atoms with E-state index in [9.17, 15) is 4.39 Å². The maximum absolute atomic E-state index is 13.6. The molecule has 0 fully saturated rings. The first kappa shape index (κ1) is 11.8. The molecule has 0 saturated carbocycles. The van der Waals surface area contributed by atoms with Crippen LogP contribution in [0.1, 0.15) is 0 Å². The maximum Gasteiger partial charge on any atom is 0.300 e. The molecule has 3 rings (SSSR count). The van der Waals surface area contributed by atoms with Crippen molar-refractivity contribution < 1.29 is 8.81 Å². The fourth-order valence-corrected chi connectivity index (χ4v) is 1.93. The van der Waals surface area contributed by atoms with Crippen LogP contribution in [0.3, 0.4) is 0 Å². The van der Waals surface area contributed by atoms with Gasteiger partial charge in [0.25, 0.3) is 6.01 Å². The molecule has 0 saturated heterocycles. The molecule has 96 valence electrons. The zero-order valence-electron chi connectivity index (χ0n) is 9.65. The molecule has 0 aliphatic carbocycles. The first-order valence-electron chi connectivity index (χ1n) is 5.50. The van der Waals surface area contributed by atoms with E-state index in [4.69, 9.17) is 21.8 Å². The van der Waals surface area contributed by atoms with Crippen molar-refractivity contribution in [3.8, 4) is 0 Å². The van der Waals surface area contributed by atoms with Gasteiger partial charge in [0.05, 0.1) is 10.7 Å². The largest absolute Gasteiger partial charge is 0.423 e. The van der Waals surface area contributed by atoms with Crippen LogP contribution in [-0.2, 0) is 0 Å². The first-order valence-corrected chi connectivity index (χ1v) is 5.88. The molecule has 0 radical (unpaired) electrons. The number of aromatic nitrogens is 1. The van der Waals surface area contributed by atoms with Crippen molar-refractivity contribution in [2.45, 2.75) is 0 Å². The van der Waals surface area contributed by atoms with E-state index in [1.165, 1.54) is 12.1 Å². The van der Waals surface area contributed by atoms with E-state index >= 15 is 0 Å². The molecular weight excluding hydrogens is 269 g/mol. The number of hydrogen-bond acceptors (Lipinski definition) is 4. The Balaban J connectivity index is 2.01.